The molecule has 0 saturated carbocycles. The number of carboxylic acids is 1. The highest BCUT2D eigenvalue weighted by atomic mass is 16.4. The lowest BCUT2D eigenvalue weighted by Crippen LogP contribution is -2.38. The molecule has 2 aliphatic rings. The summed E-state index contributed by atoms with van der Waals surface area (Å²) in [4.78, 5) is 29.3. The van der Waals surface area contributed by atoms with E-state index in [1.165, 1.54) is 12.3 Å². The SMILES string of the molecule is N#Cc1ccc(C(=O)N2C3CCC2C(C(=O)O)C3)nc1. The molecule has 3 rings (SSSR count). The lowest BCUT2D eigenvalue weighted by atomic mass is 9.89. The second-order valence-electron chi connectivity index (χ2n) is 5.24. The number of aliphatic carboxylic acids is 1. The highest BCUT2D eigenvalue weighted by molar-refractivity contribution is 5.94. The molecule has 2 saturated heterocycles. The standard InChI is InChI=1S/C14H13N3O3/c15-6-8-1-3-11(16-7-8)13(18)17-9-2-4-12(17)10(5-9)14(19)20/h1,3,7,9-10,12H,2,4-5H2,(H,19,20). The van der Waals surface area contributed by atoms with Crippen LogP contribution in [0.2, 0.25) is 0 Å². The fourth-order valence-electron chi connectivity index (χ4n) is 3.29. The first-order valence-electron chi connectivity index (χ1n) is 6.53. The van der Waals surface area contributed by atoms with Crippen molar-refractivity contribution in [2.45, 2.75) is 31.3 Å². The Morgan fingerprint density at radius 3 is 2.75 bits per heavy atom. The van der Waals surface area contributed by atoms with Crippen LogP contribution in [0.25, 0.3) is 0 Å². The van der Waals surface area contributed by atoms with Crippen LogP contribution in [-0.4, -0.2) is 39.0 Å². The quantitative estimate of drug-likeness (QED) is 0.867. The lowest BCUT2D eigenvalue weighted by molar-refractivity contribution is -0.142. The van der Waals surface area contributed by atoms with E-state index in [1.54, 1.807) is 11.0 Å². The van der Waals surface area contributed by atoms with Crippen LogP contribution in [0.4, 0.5) is 0 Å². The number of aromatic nitrogens is 1. The van der Waals surface area contributed by atoms with Gasteiger partial charge in [0.1, 0.15) is 11.8 Å². The smallest absolute Gasteiger partial charge is 0.308 e. The van der Waals surface area contributed by atoms with Gasteiger partial charge in [-0.3, -0.25) is 9.59 Å². The van der Waals surface area contributed by atoms with Gasteiger partial charge in [-0.2, -0.15) is 5.26 Å². The van der Waals surface area contributed by atoms with Gasteiger partial charge in [0, 0.05) is 18.3 Å². The first kappa shape index (κ1) is 12.6. The maximum Gasteiger partial charge on any atom is 0.308 e. The Morgan fingerprint density at radius 2 is 2.20 bits per heavy atom. The van der Waals surface area contributed by atoms with Gasteiger partial charge < -0.3 is 10.0 Å². The van der Waals surface area contributed by atoms with Crippen molar-refractivity contribution in [3.8, 4) is 6.07 Å². The number of nitrogens with zero attached hydrogens (tertiary/aromatic N) is 3. The molecule has 1 aromatic rings. The minimum Gasteiger partial charge on any atom is -0.481 e. The molecular formula is C14H13N3O3. The normalized spacial score (nSPS) is 27.4. The Bertz CT molecular complexity index is 605. The van der Waals surface area contributed by atoms with Gasteiger partial charge in [-0.1, -0.05) is 0 Å². The van der Waals surface area contributed by atoms with Crippen molar-refractivity contribution in [3.05, 3.63) is 29.6 Å². The van der Waals surface area contributed by atoms with Gasteiger partial charge >= 0.3 is 5.97 Å². The largest absolute Gasteiger partial charge is 0.481 e. The van der Waals surface area contributed by atoms with Crippen LogP contribution < -0.4 is 0 Å². The molecule has 2 aliphatic heterocycles. The average Bonchev–Trinajstić information content (AvgIpc) is 3.04. The summed E-state index contributed by atoms with van der Waals surface area (Å²) in [6.07, 6.45) is 3.49. The lowest BCUT2D eigenvalue weighted by Gasteiger charge is -2.22. The molecule has 3 unspecified atom stereocenters. The van der Waals surface area contributed by atoms with Crippen LogP contribution in [0.1, 0.15) is 35.3 Å². The van der Waals surface area contributed by atoms with Crippen molar-refractivity contribution in [2.24, 2.45) is 5.92 Å². The van der Waals surface area contributed by atoms with Crippen molar-refractivity contribution in [1.29, 1.82) is 5.26 Å². The molecule has 0 aromatic carbocycles. The van der Waals surface area contributed by atoms with E-state index in [9.17, 15) is 14.7 Å². The number of pyridine rings is 1. The number of hydrogen-bond donors (Lipinski definition) is 1. The Hall–Kier alpha value is -2.42. The van der Waals surface area contributed by atoms with E-state index < -0.39 is 11.9 Å². The van der Waals surface area contributed by atoms with E-state index in [0.29, 0.717) is 12.0 Å². The Labute approximate surface area is 115 Å². The van der Waals surface area contributed by atoms with Gasteiger partial charge in [0.05, 0.1) is 11.5 Å². The van der Waals surface area contributed by atoms with Gasteiger partial charge in [0.25, 0.3) is 5.91 Å². The molecule has 102 valence electrons. The third-order valence-corrected chi connectivity index (χ3v) is 4.20. The van der Waals surface area contributed by atoms with Crippen LogP contribution in [0.15, 0.2) is 18.3 Å². The average molecular weight is 271 g/mol. The fourth-order valence-corrected chi connectivity index (χ4v) is 3.29. The molecule has 3 heterocycles. The summed E-state index contributed by atoms with van der Waals surface area (Å²) in [7, 11) is 0. The van der Waals surface area contributed by atoms with E-state index in [1.807, 2.05) is 6.07 Å². The molecule has 1 aromatic heterocycles. The number of hydrogen-bond acceptors (Lipinski definition) is 4. The number of rotatable bonds is 2. The second kappa shape index (κ2) is 4.60. The maximum absolute atomic E-state index is 12.5. The first-order chi connectivity index (χ1) is 9.61. The van der Waals surface area contributed by atoms with Crippen LogP contribution in [0.5, 0.6) is 0 Å². The molecule has 2 bridgehead atoms. The molecule has 1 amide bonds. The maximum atomic E-state index is 12.5. The first-order valence-corrected chi connectivity index (χ1v) is 6.53. The summed E-state index contributed by atoms with van der Waals surface area (Å²) in [6, 6.07) is 4.81. The molecule has 3 atom stereocenters. The fraction of sp³-hybridized carbons (Fsp3) is 0.429. The number of fused-ring (bicyclic) bond motifs is 2. The van der Waals surface area contributed by atoms with Gasteiger partial charge in [-0.25, -0.2) is 4.98 Å². The topological polar surface area (TPSA) is 94.3 Å². The zero-order valence-electron chi connectivity index (χ0n) is 10.7. The zero-order valence-corrected chi connectivity index (χ0v) is 10.7. The van der Waals surface area contributed by atoms with Crippen LogP contribution in [0.3, 0.4) is 0 Å². The van der Waals surface area contributed by atoms with Gasteiger partial charge in [0.2, 0.25) is 0 Å². The minimum atomic E-state index is -0.831. The third-order valence-electron chi connectivity index (χ3n) is 4.20. The van der Waals surface area contributed by atoms with Crippen molar-refractivity contribution in [2.75, 3.05) is 0 Å². The van der Waals surface area contributed by atoms with Crippen LogP contribution in [-0.2, 0) is 4.79 Å². The molecule has 6 heteroatoms. The van der Waals surface area contributed by atoms with E-state index >= 15 is 0 Å². The van der Waals surface area contributed by atoms with Crippen molar-refractivity contribution >= 4 is 11.9 Å². The molecule has 20 heavy (non-hydrogen) atoms. The third kappa shape index (κ3) is 1.83. The molecule has 0 aliphatic carbocycles. The molecule has 2 fully saturated rings. The second-order valence-corrected chi connectivity index (χ2v) is 5.24. The van der Waals surface area contributed by atoms with E-state index in [4.69, 9.17) is 5.26 Å². The highest BCUT2D eigenvalue weighted by Gasteiger charge is 2.51. The molecular weight excluding hydrogens is 258 g/mol. The van der Waals surface area contributed by atoms with Gasteiger partial charge in [-0.15, -0.1) is 0 Å². The molecule has 6 nitrogen and oxygen atoms in total. The number of carboxylic acid groups (broad SMARTS) is 1. The summed E-state index contributed by atoms with van der Waals surface area (Å²) in [5.41, 5.74) is 0.668. The Balaban J connectivity index is 1.84. The summed E-state index contributed by atoms with van der Waals surface area (Å²) in [5.74, 6) is -1.52. The summed E-state index contributed by atoms with van der Waals surface area (Å²) in [5, 5.41) is 17.9. The monoisotopic (exact) mass is 271 g/mol. The Kier molecular flexibility index (Phi) is 2.90. The summed E-state index contributed by atoms with van der Waals surface area (Å²) < 4.78 is 0. The zero-order chi connectivity index (χ0) is 14.3. The van der Waals surface area contributed by atoms with E-state index in [2.05, 4.69) is 4.98 Å². The molecule has 0 spiro atoms. The minimum absolute atomic E-state index is 0.00560. The van der Waals surface area contributed by atoms with Crippen LogP contribution >= 0.6 is 0 Å². The summed E-state index contributed by atoms with van der Waals surface area (Å²) >= 11 is 0. The number of carbonyl (C=O) groups is 2. The number of amides is 1. The van der Waals surface area contributed by atoms with Crippen molar-refractivity contribution in [3.63, 3.8) is 0 Å². The Morgan fingerprint density at radius 1 is 1.40 bits per heavy atom. The van der Waals surface area contributed by atoms with Crippen LogP contribution in [0, 0.1) is 17.2 Å². The van der Waals surface area contributed by atoms with E-state index in [0.717, 1.165) is 12.8 Å². The van der Waals surface area contributed by atoms with Gasteiger partial charge in [0.15, 0.2) is 0 Å². The molecule has 1 N–H and O–H groups in total. The predicted molar refractivity (Wildman–Crippen MR) is 67.7 cm³/mol. The number of nitriles is 1. The highest BCUT2D eigenvalue weighted by Crippen LogP contribution is 2.42. The predicted octanol–water partition coefficient (Wildman–Crippen LogP) is 1.03. The van der Waals surface area contributed by atoms with Gasteiger partial charge in [-0.05, 0) is 31.4 Å². The van der Waals surface area contributed by atoms with Crippen molar-refractivity contribution < 1.29 is 14.7 Å². The molecule has 0 radical (unpaired) electrons. The van der Waals surface area contributed by atoms with E-state index in [-0.39, 0.29) is 23.7 Å². The number of carbonyl (C=O) groups excluding carboxylic acids is 1. The van der Waals surface area contributed by atoms with Crippen molar-refractivity contribution in [1.82, 2.24) is 9.88 Å². The summed E-state index contributed by atoms with van der Waals surface area (Å²) in [6.45, 7) is 0.